The lowest BCUT2D eigenvalue weighted by Crippen LogP contribution is -2.24. The van der Waals surface area contributed by atoms with Crippen molar-refractivity contribution in [1.82, 2.24) is 25.7 Å². The molecule has 1 amide bonds. The van der Waals surface area contributed by atoms with Crippen LogP contribution in [-0.4, -0.2) is 26.3 Å². The van der Waals surface area contributed by atoms with Crippen LogP contribution in [-0.2, 0) is 6.54 Å². The number of anilines is 1. The number of carbonyl (C=O) groups excluding carboxylic acids is 1. The van der Waals surface area contributed by atoms with E-state index in [1.54, 1.807) is 18.5 Å². The van der Waals surface area contributed by atoms with Crippen molar-refractivity contribution >= 4 is 11.7 Å². The molecule has 0 aliphatic carbocycles. The van der Waals surface area contributed by atoms with Crippen molar-refractivity contribution in [3.8, 4) is 0 Å². The van der Waals surface area contributed by atoms with Crippen LogP contribution in [0.5, 0.6) is 0 Å². The maximum Gasteiger partial charge on any atom is 0.275 e. The van der Waals surface area contributed by atoms with Gasteiger partial charge in [-0.2, -0.15) is 5.21 Å². The summed E-state index contributed by atoms with van der Waals surface area (Å²) in [4.78, 5) is 15.5. The average Bonchev–Trinajstić information content (AvgIpc) is 2.74. The van der Waals surface area contributed by atoms with Crippen molar-refractivity contribution in [3.05, 3.63) is 35.8 Å². The third-order valence-corrected chi connectivity index (χ3v) is 1.97. The van der Waals surface area contributed by atoms with E-state index in [9.17, 15) is 4.79 Å². The van der Waals surface area contributed by atoms with Crippen LogP contribution in [0.15, 0.2) is 24.5 Å². The van der Waals surface area contributed by atoms with Crippen LogP contribution in [0.25, 0.3) is 0 Å². The summed E-state index contributed by atoms with van der Waals surface area (Å²) in [6.07, 6.45) is 3.34. The number of nitrogens with two attached hydrogens (primary N) is 1. The van der Waals surface area contributed by atoms with Gasteiger partial charge in [-0.25, -0.2) is 0 Å². The van der Waals surface area contributed by atoms with E-state index in [1.165, 1.54) is 0 Å². The van der Waals surface area contributed by atoms with Crippen molar-refractivity contribution < 1.29 is 4.79 Å². The smallest absolute Gasteiger partial charge is 0.275 e. The number of nitrogens with zero attached hydrogens (tertiary/aromatic N) is 3. The molecule has 0 aliphatic rings. The van der Waals surface area contributed by atoms with E-state index in [0.717, 1.165) is 5.56 Å². The van der Waals surface area contributed by atoms with Crippen LogP contribution < -0.4 is 11.1 Å². The van der Waals surface area contributed by atoms with Gasteiger partial charge in [0.05, 0.1) is 0 Å². The number of nitrogen functional groups attached to an aromatic ring is 1. The van der Waals surface area contributed by atoms with Gasteiger partial charge in [0.2, 0.25) is 0 Å². The summed E-state index contributed by atoms with van der Waals surface area (Å²) in [5.41, 5.74) is 6.43. The fraction of sp³-hybridized carbons (Fsp3) is 0.111. The quantitative estimate of drug-likeness (QED) is 0.655. The van der Waals surface area contributed by atoms with Crippen LogP contribution in [0, 0.1) is 0 Å². The van der Waals surface area contributed by atoms with E-state index in [1.807, 2.05) is 6.07 Å². The molecular formula is C9H10N6O. The molecule has 0 saturated carbocycles. The second-order valence-electron chi connectivity index (χ2n) is 3.10. The normalized spacial score (nSPS) is 10.0. The number of rotatable bonds is 3. The number of amides is 1. The highest BCUT2D eigenvalue weighted by atomic mass is 16.2. The van der Waals surface area contributed by atoms with Crippen LogP contribution in [0.3, 0.4) is 0 Å². The van der Waals surface area contributed by atoms with Crippen molar-refractivity contribution in [2.24, 2.45) is 0 Å². The minimum absolute atomic E-state index is 0.0867. The Hall–Kier alpha value is -2.44. The van der Waals surface area contributed by atoms with Gasteiger partial charge in [-0.3, -0.25) is 9.78 Å². The van der Waals surface area contributed by atoms with Gasteiger partial charge in [0.1, 0.15) is 0 Å². The maximum absolute atomic E-state index is 11.6. The van der Waals surface area contributed by atoms with Gasteiger partial charge in [0, 0.05) is 18.9 Å². The lowest BCUT2D eigenvalue weighted by Gasteiger charge is -2.02. The molecule has 2 aromatic heterocycles. The second-order valence-corrected chi connectivity index (χ2v) is 3.10. The van der Waals surface area contributed by atoms with Gasteiger partial charge in [0.15, 0.2) is 11.5 Å². The van der Waals surface area contributed by atoms with E-state index < -0.39 is 0 Å². The number of H-pyrrole nitrogens is 1. The fourth-order valence-electron chi connectivity index (χ4n) is 1.17. The van der Waals surface area contributed by atoms with Gasteiger partial charge >= 0.3 is 0 Å². The number of pyridine rings is 1. The van der Waals surface area contributed by atoms with Crippen molar-refractivity contribution in [1.29, 1.82) is 0 Å². The lowest BCUT2D eigenvalue weighted by molar-refractivity contribution is 0.0947. The van der Waals surface area contributed by atoms with Crippen molar-refractivity contribution in [3.63, 3.8) is 0 Å². The van der Waals surface area contributed by atoms with Gasteiger partial charge in [-0.1, -0.05) is 6.07 Å². The van der Waals surface area contributed by atoms with E-state index in [4.69, 9.17) is 5.73 Å². The van der Waals surface area contributed by atoms with E-state index in [0.29, 0.717) is 6.54 Å². The van der Waals surface area contributed by atoms with Crippen LogP contribution in [0.4, 0.5) is 5.82 Å². The number of aromatic amines is 1. The predicted molar refractivity (Wildman–Crippen MR) is 56.2 cm³/mol. The molecule has 0 aliphatic heterocycles. The molecule has 0 aromatic carbocycles. The highest BCUT2D eigenvalue weighted by molar-refractivity contribution is 5.96. The molecule has 0 spiro atoms. The maximum atomic E-state index is 11.6. The minimum atomic E-state index is -0.366. The molecule has 16 heavy (non-hydrogen) atoms. The lowest BCUT2D eigenvalue weighted by atomic mass is 10.3. The fourth-order valence-corrected chi connectivity index (χ4v) is 1.17. The molecule has 0 bridgehead atoms. The first-order valence-corrected chi connectivity index (χ1v) is 4.60. The predicted octanol–water partition coefficient (Wildman–Crippen LogP) is -0.288. The summed E-state index contributed by atoms with van der Waals surface area (Å²) >= 11 is 0. The van der Waals surface area contributed by atoms with Crippen LogP contribution in [0.2, 0.25) is 0 Å². The molecular weight excluding hydrogens is 208 g/mol. The van der Waals surface area contributed by atoms with Gasteiger partial charge in [-0.05, 0) is 11.6 Å². The summed E-state index contributed by atoms with van der Waals surface area (Å²) in [5.74, 6) is -0.279. The molecule has 0 atom stereocenters. The molecule has 4 N–H and O–H groups in total. The Kier molecular flexibility index (Phi) is 2.77. The number of hydrogen-bond acceptors (Lipinski definition) is 5. The minimum Gasteiger partial charge on any atom is -0.380 e. The number of aromatic nitrogens is 4. The van der Waals surface area contributed by atoms with E-state index in [-0.39, 0.29) is 17.4 Å². The largest absolute Gasteiger partial charge is 0.380 e. The summed E-state index contributed by atoms with van der Waals surface area (Å²) in [5, 5.41) is 12.1. The molecule has 0 unspecified atom stereocenters. The first-order valence-electron chi connectivity index (χ1n) is 4.60. The topological polar surface area (TPSA) is 110 Å². The first kappa shape index (κ1) is 10.1. The summed E-state index contributed by atoms with van der Waals surface area (Å²) in [6, 6.07) is 3.66. The first-order chi connectivity index (χ1) is 7.77. The standard InChI is InChI=1S/C9H10N6O/c10-8-7(13-15-14-8)9(16)12-5-6-2-1-3-11-4-6/h1-4H,5H2,(H,12,16)(H3,10,13,14,15). The summed E-state index contributed by atoms with van der Waals surface area (Å²) < 4.78 is 0. The molecule has 0 fully saturated rings. The van der Waals surface area contributed by atoms with Gasteiger partial charge in [0.25, 0.3) is 5.91 Å². The molecule has 0 radical (unpaired) electrons. The zero-order chi connectivity index (χ0) is 11.4. The highest BCUT2D eigenvalue weighted by Crippen LogP contribution is 2.02. The van der Waals surface area contributed by atoms with Gasteiger partial charge < -0.3 is 11.1 Å². The SMILES string of the molecule is Nc1n[nH]nc1C(=O)NCc1cccnc1. The Morgan fingerprint density at radius 1 is 1.50 bits per heavy atom. The Labute approximate surface area is 91.1 Å². The zero-order valence-electron chi connectivity index (χ0n) is 8.34. The average molecular weight is 218 g/mol. The van der Waals surface area contributed by atoms with Crippen LogP contribution in [0.1, 0.15) is 16.1 Å². The van der Waals surface area contributed by atoms with Crippen molar-refractivity contribution in [2.75, 3.05) is 5.73 Å². The number of hydrogen-bond donors (Lipinski definition) is 3. The third kappa shape index (κ3) is 2.14. The number of nitrogens with one attached hydrogen (secondary N) is 2. The molecule has 2 rings (SSSR count). The Morgan fingerprint density at radius 3 is 3.00 bits per heavy atom. The molecule has 7 heteroatoms. The molecule has 2 aromatic rings. The second kappa shape index (κ2) is 4.39. The highest BCUT2D eigenvalue weighted by Gasteiger charge is 2.13. The van der Waals surface area contributed by atoms with E-state index >= 15 is 0 Å². The monoisotopic (exact) mass is 218 g/mol. The van der Waals surface area contributed by atoms with Gasteiger partial charge in [-0.15, -0.1) is 10.2 Å². The summed E-state index contributed by atoms with van der Waals surface area (Å²) in [6.45, 7) is 0.374. The third-order valence-electron chi connectivity index (χ3n) is 1.97. The van der Waals surface area contributed by atoms with Crippen molar-refractivity contribution in [2.45, 2.75) is 6.54 Å². The zero-order valence-corrected chi connectivity index (χ0v) is 8.34. The molecule has 0 saturated heterocycles. The number of carbonyl (C=O) groups is 1. The molecule has 82 valence electrons. The van der Waals surface area contributed by atoms with Crippen LogP contribution >= 0.6 is 0 Å². The molecule has 2 heterocycles. The Balaban J connectivity index is 1.97. The van der Waals surface area contributed by atoms with E-state index in [2.05, 4.69) is 25.7 Å². The summed E-state index contributed by atoms with van der Waals surface area (Å²) in [7, 11) is 0. The molecule has 7 nitrogen and oxygen atoms in total. The Morgan fingerprint density at radius 2 is 2.38 bits per heavy atom. The Bertz CT molecular complexity index is 480.